The van der Waals surface area contributed by atoms with Gasteiger partial charge in [-0.05, 0) is 55.9 Å². The van der Waals surface area contributed by atoms with Crippen molar-refractivity contribution in [1.29, 1.82) is 0 Å². The van der Waals surface area contributed by atoms with Gasteiger partial charge in [-0.25, -0.2) is 0 Å². The Morgan fingerprint density at radius 1 is 1.11 bits per heavy atom. The van der Waals surface area contributed by atoms with E-state index in [2.05, 4.69) is 51.8 Å². The van der Waals surface area contributed by atoms with Gasteiger partial charge in [0.2, 0.25) is 0 Å². The Bertz CT molecular complexity index is 431. The first-order chi connectivity index (χ1) is 9.26. The first-order valence-electron chi connectivity index (χ1n) is 7.29. The second-order valence-electron chi connectivity index (χ2n) is 5.92. The van der Waals surface area contributed by atoms with E-state index in [1.807, 2.05) is 11.8 Å². The summed E-state index contributed by atoms with van der Waals surface area (Å²) in [5.41, 5.74) is 1.49. The molecule has 3 heteroatoms. The van der Waals surface area contributed by atoms with Crippen LogP contribution in [0.25, 0.3) is 0 Å². The molecule has 1 N–H and O–H groups in total. The van der Waals surface area contributed by atoms with Gasteiger partial charge in [0.15, 0.2) is 0 Å². The summed E-state index contributed by atoms with van der Waals surface area (Å²) in [5.74, 6) is 0.755. The zero-order valence-corrected chi connectivity index (χ0v) is 13.8. The van der Waals surface area contributed by atoms with E-state index in [-0.39, 0.29) is 0 Å². The van der Waals surface area contributed by atoms with Gasteiger partial charge in [-0.2, -0.15) is 11.8 Å². The van der Waals surface area contributed by atoms with Crippen molar-refractivity contribution in [1.82, 2.24) is 5.32 Å². The zero-order valence-electron chi connectivity index (χ0n) is 11.4. The zero-order chi connectivity index (χ0) is 13.2. The standard InChI is InChI=1S/C16H22BrNS/c1-19-14-7-6-12(10-14)18-13-8-11(9-13)15-4-2-3-5-16(15)17/h2-5,11-14,18H,6-10H2,1H3. The largest absolute Gasteiger partial charge is 0.311 e. The summed E-state index contributed by atoms with van der Waals surface area (Å²) in [4.78, 5) is 0. The van der Waals surface area contributed by atoms with Crippen LogP contribution in [0.2, 0.25) is 0 Å². The van der Waals surface area contributed by atoms with Gasteiger partial charge in [0.25, 0.3) is 0 Å². The number of benzene rings is 1. The summed E-state index contributed by atoms with van der Waals surface area (Å²) in [6.07, 6.45) is 9.02. The van der Waals surface area contributed by atoms with Crippen LogP contribution in [0.4, 0.5) is 0 Å². The third-order valence-corrected chi connectivity index (χ3v) is 6.49. The van der Waals surface area contributed by atoms with Gasteiger partial charge in [-0.1, -0.05) is 34.1 Å². The summed E-state index contributed by atoms with van der Waals surface area (Å²) in [5, 5.41) is 4.77. The highest BCUT2D eigenvalue weighted by molar-refractivity contribution is 9.10. The highest BCUT2D eigenvalue weighted by atomic mass is 79.9. The van der Waals surface area contributed by atoms with Crippen LogP contribution in [0, 0.1) is 0 Å². The number of hydrogen-bond acceptors (Lipinski definition) is 2. The molecule has 0 amide bonds. The molecule has 0 bridgehead atoms. The maximum absolute atomic E-state index is 3.87. The quantitative estimate of drug-likeness (QED) is 0.862. The number of hydrogen-bond donors (Lipinski definition) is 1. The van der Waals surface area contributed by atoms with Crippen molar-refractivity contribution in [3.63, 3.8) is 0 Å². The Kier molecular flexibility index (Phi) is 4.55. The minimum absolute atomic E-state index is 0.753. The van der Waals surface area contributed by atoms with Crippen LogP contribution in [0.15, 0.2) is 28.7 Å². The van der Waals surface area contributed by atoms with Gasteiger partial charge in [0, 0.05) is 21.8 Å². The van der Waals surface area contributed by atoms with E-state index >= 15 is 0 Å². The number of rotatable bonds is 4. The lowest BCUT2D eigenvalue weighted by atomic mass is 9.75. The van der Waals surface area contributed by atoms with Gasteiger partial charge in [-0.15, -0.1) is 0 Å². The van der Waals surface area contributed by atoms with E-state index < -0.39 is 0 Å². The lowest BCUT2D eigenvalue weighted by Gasteiger charge is -2.38. The van der Waals surface area contributed by atoms with Crippen molar-refractivity contribution in [2.45, 2.75) is 55.4 Å². The predicted octanol–water partition coefficient (Wildman–Crippen LogP) is 4.57. The maximum Gasteiger partial charge on any atom is 0.0210 e. The third kappa shape index (κ3) is 3.20. The Labute approximate surface area is 129 Å². The van der Waals surface area contributed by atoms with Crippen LogP contribution in [0.1, 0.15) is 43.6 Å². The molecule has 0 saturated heterocycles. The summed E-state index contributed by atoms with van der Waals surface area (Å²) < 4.78 is 1.28. The molecule has 2 aliphatic rings. The second-order valence-corrected chi connectivity index (χ2v) is 7.91. The molecule has 1 aromatic rings. The predicted molar refractivity (Wildman–Crippen MR) is 88.0 cm³/mol. The van der Waals surface area contributed by atoms with E-state index in [1.54, 1.807) is 0 Å². The summed E-state index contributed by atoms with van der Waals surface area (Å²) >= 11 is 5.72. The van der Waals surface area contributed by atoms with Gasteiger partial charge < -0.3 is 5.32 Å². The molecule has 2 unspecified atom stereocenters. The molecule has 2 fully saturated rings. The number of nitrogens with one attached hydrogen (secondary N) is 1. The third-order valence-electron chi connectivity index (χ3n) is 4.67. The average Bonchev–Trinajstić information content (AvgIpc) is 2.82. The normalized spacial score (nSPS) is 34.2. The highest BCUT2D eigenvalue weighted by Crippen LogP contribution is 2.41. The monoisotopic (exact) mass is 339 g/mol. The van der Waals surface area contributed by atoms with Gasteiger partial charge in [0.1, 0.15) is 0 Å². The maximum atomic E-state index is 3.87. The SMILES string of the molecule is CSC1CCC(NC2CC(c3ccccc3Br)C2)C1. The number of halogens is 1. The first kappa shape index (κ1) is 14.0. The van der Waals surface area contributed by atoms with Crippen LogP contribution in [0.3, 0.4) is 0 Å². The van der Waals surface area contributed by atoms with E-state index in [9.17, 15) is 0 Å². The highest BCUT2D eigenvalue weighted by Gasteiger charge is 2.34. The van der Waals surface area contributed by atoms with Crippen LogP contribution in [-0.4, -0.2) is 23.6 Å². The van der Waals surface area contributed by atoms with E-state index in [0.717, 1.165) is 23.3 Å². The van der Waals surface area contributed by atoms with E-state index in [1.165, 1.54) is 42.1 Å². The summed E-state index contributed by atoms with van der Waals surface area (Å²) in [6.45, 7) is 0. The Morgan fingerprint density at radius 2 is 1.89 bits per heavy atom. The smallest absolute Gasteiger partial charge is 0.0210 e. The lowest BCUT2D eigenvalue weighted by Crippen LogP contribution is -2.44. The summed E-state index contributed by atoms with van der Waals surface area (Å²) in [6, 6.07) is 10.2. The molecule has 3 rings (SSSR count). The first-order valence-corrected chi connectivity index (χ1v) is 9.37. The Morgan fingerprint density at radius 3 is 2.58 bits per heavy atom. The molecule has 104 valence electrons. The Hall–Kier alpha value is 0.01000. The molecule has 2 atom stereocenters. The molecular formula is C16H22BrNS. The molecule has 2 saturated carbocycles. The molecule has 0 radical (unpaired) electrons. The van der Waals surface area contributed by atoms with Crippen molar-refractivity contribution in [2.75, 3.05) is 6.26 Å². The topological polar surface area (TPSA) is 12.0 Å². The van der Waals surface area contributed by atoms with Crippen molar-refractivity contribution in [2.24, 2.45) is 0 Å². The van der Waals surface area contributed by atoms with Crippen LogP contribution >= 0.6 is 27.7 Å². The van der Waals surface area contributed by atoms with Crippen molar-refractivity contribution < 1.29 is 0 Å². The molecule has 2 aliphatic carbocycles. The second kappa shape index (κ2) is 6.19. The van der Waals surface area contributed by atoms with Crippen LogP contribution < -0.4 is 5.32 Å². The van der Waals surface area contributed by atoms with E-state index in [4.69, 9.17) is 0 Å². The fourth-order valence-corrected chi connectivity index (χ4v) is 4.86. The fraction of sp³-hybridized carbons (Fsp3) is 0.625. The molecule has 1 aromatic carbocycles. The van der Waals surface area contributed by atoms with Gasteiger partial charge in [-0.3, -0.25) is 0 Å². The number of thioether (sulfide) groups is 1. The minimum atomic E-state index is 0.753. The molecule has 0 aliphatic heterocycles. The van der Waals surface area contributed by atoms with Crippen LogP contribution in [-0.2, 0) is 0 Å². The van der Waals surface area contributed by atoms with Gasteiger partial charge >= 0.3 is 0 Å². The van der Waals surface area contributed by atoms with Crippen LogP contribution in [0.5, 0.6) is 0 Å². The van der Waals surface area contributed by atoms with Crippen molar-refractivity contribution in [3.8, 4) is 0 Å². The molecule has 1 nitrogen and oxygen atoms in total. The summed E-state index contributed by atoms with van der Waals surface area (Å²) in [7, 11) is 0. The molecule has 19 heavy (non-hydrogen) atoms. The van der Waals surface area contributed by atoms with Gasteiger partial charge in [0.05, 0.1) is 0 Å². The minimum Gasteiger partial charge on any atom is -0.311 e. The fourth-order valence-electron chi connectivity index (χ4n) is 3.45. The molecule has 0 heterocycles. The van der Waals surface area contributed by atoms with E-state index in [0.29, 0.717) is 0 Å². The molecule has 0 aromatic heterocycles. The lowest BCUT2D eigenvalue weighted by molar-refractivity contribution is 0.264. The Balaban J connectivity index is 1.47. The molecular weight excluding hydrogens is 318 g/mol. The van der Waals surface area contributed by atoms with Crippen molar-refractivity contribution in [3.05, 3.63) is 34.3 Å². The molecule has 0 spiro atoms. The van der Waals surface area contributed by atoms with Crippen molar-refractivity contribution >= 4 is 27.7 Å². The average molecular weight is 340 g/mol.